The van der Waals surface area contributed by atoms with Gasteiger partial charge in [0, 0.05) is 11.6 Å². The Morgan fingerprint density at radius 1 is 1.29 bits per heavy atom. The van der Waals surface area contributed by atoms with Crippen molar-refractivity contribution < 1.29 is 9.59 Å². The maximum atomic E-state index is 12.7. The van der Waals surface area contributed by atoms with Crippen LogP contribution in [-0.2, 0) is 9.59 Å². The SMILES string of the molecule is Cc1cccc([C@@H](NC(=O)C2CCN(CC(N)=O)CC2)C2CC2)n1. The second-order valence-corrected chi connectivity index (χ2v) is 7.04. The third-order valence-electron chi connectivity index (χ3n) is 4.96. The molecule has 2 aliphatic rings. The minimum atomic E-state index is -0.308. The number of nitrogens with two attached hydrogens (primary N) is 1. The summed E-state index contributed by atoms with van der Waals surface area (Å²) >= 11 is 0. The van der Waals surface area contributed by atoms with E-state index in [1.807, 2.05) is 30.0 Å². The fourth-order valence-corrected chi connectivity index (χ4v) is 3.44. The van der Waals surface area contributed by atoms with Gasteiger partial charge in [-0.05, 0) is 63.7 Å². The van der Waals surface area contributed by atoms with Gasteiger partial charge in [-0.2, -0.15) is 0 Å². The van der Waals surface area contributed by atoms with E-state index in [0.717, 1.165) is 50.2 Å². The van der Waals surface area contributed by atoms with Crippen molar-refractivity contribution in [2.24, 2.45) is 17.6 Å². The van der Waals surface area contributed by atoms with E-state index in [-0.39, 0.29) is 30.3 Å². The highest BCUT2D eigenvalue weighted by atomic mass is 16.2. The molecule has 24 heavy (non-hydrogen) atoms. The van der Waals surface area contributed by atoms with E-state index in [4.69, 9.17) is 5.73 Å². The fraction of sp³-hybridized carbons (Fsp3) is 0.611. The van der Waals surface area contributed by atoms with E-state index >= 15 is 0 Å². The molecule has 1 aromatic rings. The normalized spacial score (nSPS) is 20.5. The van der Waals surface area contributed by atoms with Crippen LogP contribution >= 0.6 is 0 Å². The Labute approximate surface area is 142 Å². The lowest BCUT2D eigenvalue weighted by Gasteiger charge is -2.31. The van der Waals surface area contributed by atoms with Gasteiger partial charge in [-0.3, -0.25) is 19.5 Å². The molecule has 1 saturated heterocycles. The van der Waals surface area contributed by atoms with E-state index in [9.17, 15) is 9.59 Å². The van der Waals surface area contributed by atoms with Crippen LogP contribution in [0, 0.1) is 18.8 Å². The Morgan fingerprint density at radius 3 is 2.58 bits per heavy atom. The van der Waals surface area contributed by atoms with Gasteiger partial charge in [-0.15, -0.1) is 0 Å². The van der Waals surface area contributed by atoms with Crippen molar-refractivity contribution in [2.75, 3.05) is 19.6 Å². The molecule has 6 nitrogen and oxygen atoms in total. The Balaban J connectivity index is 1.58. The molecule has 0 bridgehead atoms. The summed E-state index contributed by atoms with van der Waals surface area (Å²) in [6.07, 6.45) is 3.85. The van der Waals surface area contributed by atoms with Crippen LogP contribution in [0.1, 0.15) is 43.1 Å². The van der Waals surface area contributed by atoms with Crippen molar-refractivity contribution in [1.82, 2.24) is 15.2 Å². The molecular formula is C18H26N4O2. The summed E-state index contributed by atoms with van der Waals surface area (Å²) < 4.78 is 0. The number of carbonyl (C=O) groups excluding carboxylic acids is 2. The summed E-state index contributed by atoms with van der Waals surface area (Å²) in [5, 5.41) is 3.24. The number of likely N-dealkylation sites (tertiary alicyclic amines) is 1. The molecule has 1 aliphatic carbocycles. The number of carbonyl (C=O) groups is 2. The molecule has 0 spiro atoms. The first kappa shape index (κ1) is 16.9. The first-order valence-corrected chi connectivity index (χ1v) is 8.77. The zero-order valence-corrected chi connectivity index (χ0v) is 14.2. The molecule has 6 heteroatoms. The van der Waals surface area contributed by atoms with Crippen LogP contribution in [0.15, 0.2) is 18.2 Å². The Bertz CT molecular complexity index is 607. The monoisotopic (exact) mass is 330 g/mol. The van der Waals surface area contributed by atoms with Crippen molar-refractivity contribution in [2.45, 2.75) is 38.6 Å². The van der Waals surface area contributed by atoms with E-state index in [1.165, 1.54) is 0 Å². The van der Waals surface area contributed by atoms with Crippen LogP contribution in [0.4, 0.5) is 0 Å². The first-order chi connectivity index (χ1) is 11.5. The van der Waals surface area contributed by atoms with E-state index in [1.54, 1.807) is 0 Å². The van der Waals surface area contributed by atoms with Gasteiger partial charge in [-0.25, -0.2) is 0 Å². The van der Waals surface area contributed by atoms with Gasteiger partial charge < -0.3 is 11.1 Å². The smallest absolute Gasteiger partial charge is 0.231 e. The lowest BCUT2D eigenvalue weighted by atomic mass is 9.95. The number of nitrogens with zero attached hydrogens (tertiary/aromatic N) is 2. The predicted octanol–water partition coefficient (Wildman–Crippen LogP) is 1.15. The van der Waals surface area contributed by atoms with Gasteiger partial charge in [0.05, 0.1) is 18.3 Å². The molecule has 1 aromatic heterocycles. The number of aryl methyl sites for hydroxylation is 1. The van der Waals surface area contributed by atoms with Crippen molar-refractivity contribution in [3.63, 3.8) is 0 Å². The van der Waals surface area contributed by atoms with Gasteiger partial charge >= 0.3 is 0 Å². The van der Waals surface area contributed by atoms with Crippen LogP contribution in [0.5, 0.6) is 0 Å². The second kappa shape index (κ2) is 7.30. The number of aromatic nitrogens is 1. The highest BCUT2D eigenvalue weighted by molar-refractivity contribution is 5.79. The summed E-state index contributed by atoms with van der Waals surface area (Å²) in [7, 11) is 0. The molecule has 2 fully saturated rings. The molecule has 0 unspecified atom stereocenters. The fourth-order valence-electron chi connectivity index (χ4n) is 3.44. The second-order valence-electron chi connectivity index (χ2n) is 7.04. The molecule has 0 aromatic carbocycles. The molecule has 2 heterocycles. The maximum absolute atomic E-state index is 12.7. The number of amides is 2. The third kappa shape index (κ3) is 4.32. The average Bonchev–Trinajstić information content (AvgIpc) is 3.37. The number of primary amides is 1. The topological polar surface area (TPSA) is 88.3 Å². The number of hydrogen-bond acceptors (Lipinski definition) is 4. The number of rotatable bonds is 6. The van der Waals surface area contributed by atoms with Crippen molar-refractivity contribution in [1.29, 1.82) is 0 Å². The van der Waals surface area contributed by atoms with Crippen LogP contribution in [-0.4, -0.2) is 41.3 Å². The Kier molecular flexibility index (Phi) is 5.14. The number of piperidine rings is 1. The molecule has 1 saturated carbocycles. The van der Waals surface area contributed by atoms with Gasteiger partial charge in [0.15, 0.2) is 0 Å². The zero-order chi connectivity index (χ0) is 17.1. The number of pyridine rings is 1. The molecule has 2 amide bonds. The lowest BCUT2D eigenvalue weighted by molar-refractivity contribution is -0.127. The summed E-state index contributed by atoms with van der Waals surface area (Å²) in [5.41, 5.74) is 7.18. The van der Waals surface area contributed by atoms with Crippen LogP contribution in [0.3, 0.4) is 0 Å². The molecule has 0 radical (unpaired) electrons. The quantitative estimate of drug-likeness (QED) is 0.819. The Hall–Kier alpha value is -1.95. The molecule has 130 valence electrons. The van der Waals surface area contributed by atoms with E-state index < -0.39 is 0 Å². The van der Waals surface area contributed by atoms with Crippen LogP contribution in [0.2, 0.25) is 0 Å². The van der Waals surface area contributed by atoms with Gasteiger partial charge in [0.25, 0.3) is 0 Å². The van der Waals surface area contributed by atoms with Crippen molar-refractivity contribution >= 4 is 11.8 Å². The maximum Gasteiger partial charge on any atom is 0.231 e. The standard InChI is InChI=1S/C18H26N4O2/c1-12-3-2-4-15(20-12)17(13-5-6-13)21-18(24)14-7-9-22(10-8-14)11-16(19)23/h2-4,13-14,17H,5-11H2,1H3,(H2,19,23)(H,21,24)/t17-/m0/s1. The first-order valence-electron chi connectivity index (χ1n) is 8.77. The zero-order valence-electron chi connectivity index (χ0n) is 14.2. The third-order valence-corrected chi connectivity index (χ3v) is 4.96. The number of nitrogens with one attached hydrogen (secondary N) is 1. The molecule has 1 atom stereocenters. The molecular weight excluding hydrogens is 304 g/mol. The Morgan fingerprint density at radius 2 is 2.00 bits per heavy atom. The van der Waals surface area contributed by atoms with Gasteiger partial charge in [0.1, 0.15) is 0 Å². The van der Waals surface area contributed by atoms with E-state index in [2.05, 4.69) is 10.3 Å². The molecule has 3 rings (SSSR count). The summed E-state index contributed by atoms with van der Waals surface area (Å²) in [6.45, 7) is 3.76. The minimum Gasteiger partial charge on any atom is -0.369 e. The van der Waals surface area contributed by atoms with Crippen LogP contribution < -0.4 is 11.1 Å². The van der Waals surface area contributed by atoms with Gasteiger partial charge in [0.2, 0.25) is 11.8 Å². The largest absolute Gasteiger partial charge is 0.369 e. The van der Waals surface area contributed by atoms with E-state index in [0.29, 0.717) is 5.92 Å². The van der Waals surface area contributed by atoms with Gasteiger partial charge in [-0.1, -0.05) is 6.07 Å². The van der Waals surface area contributed by atoms with Crippen molar-refractivity contribution in [3.05, 3.63) is 29.6 Å². The minimum absolute atomic E-state index is 0.0141. The molecule has 3 N–H and O–H groups in total. The highest BCUT2D eigenvalue weighted by Crippen LogP contribution is 2.40. The average molecular weight is 330 g/mol. The predicted molar refractivity (Wildman–Crippen MR) is 90.9 cm³/mol. The number of hydrogen-bond donors (Lipinski definition) is 2. The summed E-state index contributed by atoms with van der Waals surface area (Å²) in [4.78, 5) is 30.3. The molecule has 1 aliphatic heterocycles. The summed E-state index contributed by atoms with van der Waals surface area (Å²) in [6, 6.07) is 6.01. The summed E-state index contributed by atoms with van der Waals surface area (Å²) in [5.74, 6) is 0.338. The lowest BCUT2D eigenvalue weighted by Crippen LogP contribution is -2.44. The highest BCUT2D eigenvalue weighted by Gasteiger charge is 2.36. The van der Waals surface area contributed by atoms with Crippen LogP contribution in [0.25, 0.3) is 0 Å². The van der Waals surface area contributed by atoms with Crippen molar-refractivity contribution in [3.8, 4) is 0 Å².